The van der Waals surface area contributed by atoms with E-state index in [2.05, 4.69) is 16.9 Å². The molecular weight excluding hydrogens is 388 g/mol. The lowest BCUT2D eigenvalue weighted by Crippen LogP contribution is -2.08. The largest absolute Gasteiger partial charge is 0.494 e. The highest BCUT2D eigenvalue weighted by atomic mass is 16.5. The minimum atomic E-state index is -0.437. The molecule has 1 aromatic heterocycles. The van der Waals surface area contributed by atoms with Crippen LogP contribution in [0.3, 0.4) is 0 Å². The van der Waals surface area contributed by atoms with Gasteiger partial charge in [-0.25, -0.2) is 4.79 Å². The van der Waals surface area contributed by atoms with E-state index in [0.717, 1.165) is 30.0 Å². The quantitative estimate of drug-likeness (QED) is 0.157. The number of aromatic nitrogens is 1. The highest BCUT2D eigenvalue weighted by Gasteiger charge is 2.08. The Morgan fingerprint density at radius 2 is 1.68 bits per heavy atom. The molecular formula is C26H28N2O3. The van der Waals surface area contributed by atoms with Crippen molar-refractivity contribution in [2.45, 2.75) is 39.0 Å². The summed E-state index contributed by atoms with van der Waals surface area (Å²) >= 11 is 0. The first-order valence-corrected chi connectivity index (χ1v) is 10.7. The molecule has 3 aromatic rings. The molecule has 160 valence electrons. The van der Waals surface area contributed by atoms with Gasteiger partial charge in [0.2, 0.25) is 0 Å². The first-order chi connectivity index (χ1) is 15.2. The van der Waals surface area contributed by atoms with Gasteiger partial charge in [-0.15, -0.1) is 0 Å². The van der Waals surface area contributed by atoms with Crippen molar-refractivity contribution in [1.82, 2.24) is 4.98 Å². The molecule has 0 saturated heterocycles. The van der Waals surface area contributed by atoms with Crippen molar-refractivity contribution in [2.75, 3.05) is 6.61 Å². The van der Waals surface area contributed by atoms with E-state index < -0.39 is 5.97 Å². The lowest BCUT2D eigenvalue weighted by molar-refractivity contribution is 0.0734. The van der Waals surface area contributed by atoms with Crippen LogP contribution in [-0.4, -0.2) is 23.8 Å². The zero-order valence-electron chi connectivity index (χ0n) is 17.9. The molecule has 0 radical (unpaired) electrons. The van der Waals surface area contributed by atoms with E-state index in [9.17, 15) is 4.79 Å². The second-order valence-electron chi connectivity index (χ2n) is 7.22. The average molecular weight is 417 g/mol. The summed E-state index contributed by atoms with van der Waals surface area (Å²) in [6, 6.07) is 18.3. The summed E-state index contributed by atoms with van der Waals surface area (Å²) in [4.78, 5) is 20.5. The molecule has 0 aliphatic rings. The number of rotatable bonds is 11. The Morgan fingerprint density at radius 3 is 2.39 bits per heavy atom. The molecule has 0 spiro atoms. The van der Waals surface area contributed by atoms with Gasteiger partial charge in [-0.2, -0.15) is 0 Å². The molecule has 0 amide bonds. The molecule has 0 aliphatic heterocycles. The Morgan fingerprint density at radius 1 is 0.935 bits per heavy atom. The van der Waals surface area contributed by atoms with Crippen LogP contribution in [0.5, 0.6) is 11.5 Å². The van der Waals surface area contributed by atoms with Crippen LogP contribution in [0.4, 0.5) is 5.69 Å². The molecule has 5 nitrogen and oxygen atoms in total. The smallest absolute Gasteiger partial charge is 0.345 e. The van der Waals surface area contributed by atoms with E-state index in [-0.39, 0.29) is 0 Å². The van der Waals surface area contributed by atoms with Crippen LogP contribution >= 0.6 is 0 Å². The van der Waals surface area contributed by atoms with Crippen LogP contribution in [-0.2, 0) is 0 Å². The van der Waals surface area contributed by atoms with Gasteiger partial charge in [0.25, 0.3) is 0 Å². The van der Waals surface area contributed by atoms with Gasteiger partial charge in [-0.1, -0.05) is 32.6 Å². The number of nitrogens with zero attached hydrogens (tertiary/aromatic N) is 2. The maximum absolute atomic E-state index is 12.1. The lowest BCUT2D eigenvalue weighted by atomic mass is 10.2. The standard InChI is InChI=1S/C26H28N2O3/c1-2-3-4-5-6-18-30-24-13-9-21(10-14-24)19-28-23-11-15-25(16-12-23)31-26(29)22-8-7-17-27-20-22/h7-17,19-20H,2-6,18H2,1H3. The Balaban J connectivity index is 1.46. The first kappa shape index (κ1) is 22.2. The Hall–Kier alpha value is -3.47. The number of hydrogen-bond donors (Lipinski definition) is 0. The van der Waals surface area contributed by atoms with Crippen molar-refractivity contribution in [3.05, 3.63) is 84.2 Å². The number of benzene rings is 2. The zero-order chi connectivity index (χ0) is 21.7. The van der Waals surface area contributed by atoms with Crippen LogP contribution in [0.1, 0.15) is 54.9 Å². The number of hydrogen-bond acceptors (Lipinski definition) is 5. The predicted octanol–water partition coefficient (Wildman–Crippen LogP) is 6.40. The first-order valence-electron chi connectivity index (χ1n) is 10.7. The molecule has 0 saturated carbocycles. The molecule has 2 aromatic carbocycles. The maximum atomic E-state index is 12.1. The topological polar surface area (TPSA) is 60.8 Å². The molecule has 0 N–H and O–H groups in total. The number of pyridine rings is 1. The van der Waals surface area contributed by atoms with Gasteiger partial charge in [-0.3, -0.25) is 9.98 Å². The number of esters is 1. The monoisotopic (exact) mass is 416 g/mol. The number of aliphatic imine (C=N–C) groups is 1. The van der Waals surface area contributed by atoms with Gasteiger partial charge in [0.15, 0.2) is 0 Å². The fourth-order valence-electron chi connectivity index (χ4n) is 2.94. The number of ether oxygens (including phenoxy) is 2. The van der Waals surface area contributed by atoms with Crippen molar-refractivity contribution in [2.24, 2.45) is 4.99 Å². The lowest BCUT2D eigenvalue weighted by Gasteiger charge is -2.06. The molecule has 0 atom stereocenters. The van der Waals surface area contributed by atoms with E-state index in [1.54, 1.807) is 48.8 Å². The summed E-state index contributed by atoms with van der Waals surface area (Å²) in [7, 11) is 0. The summed E-state index contributed by atoms with van der Waals surface area (Å²) in [6.45, 7) is 2.98. The molecule has 0 fully saturated rings. The number of carbonyl (C=O) groups excluding carboxylic acids is 1. The van der Waals surface area contributed by atoms with Crippen molar-refractivity contribution < 1.29 is 14.3 Å². The second kappa shape index (κ2) is 12.3. The minimum absolute atomic E-state index is 0.411. The van der Waals surface area contributed by atoms with Gasteiger partial charge in [0.05, 0.1) is 17.9 Å². The molecule has 0 bridgehead atoms. The van der Waals surface area contributed by atoms with Crippen LogP contribution in [0.25, 0.3) is 0 Å². The van der Waals surface area contributed by atoms with Crippen molar-refractivity contribution >= 4 is 17.9 Å². The molecule has 0 unspecified atom stereocenters. The molecule has 0 aliphatic carbocycles. The minimum Gasteiger partial charge on any atom is -0.494 e. The maximum Gasteiger partial charge on any atom is 0.345 e. The van der Waals surface area contributed by atoms with Crippen LogP contribution in [0.2, 0.25) is 0 Å². The van der Waals surface area contributed by atoms with Crippen molar-refractivity contribution in [3.8, 4) is 11.5 Å². The van der Waals surface area contributed by atoms with Crippen molar-refractivity contribution in [1.29, 1.82) is 0 Å². The van der Waals surface area contributed by atoms with Gasteiger partial charge in [0, 0.05) is 18.6 Å². The van der Waals surface area contributed by atoms with E-state index >= 15 is 0 Å². The fourth-order valence-corrected chi connectivity index (χ4v) is 2.94. The Kier molecular flexibility index (Phi) is 8.80. The predicted molar refractivity (Wildman–Crippen MR) is 124 cm³/mol. The summed E-state index contributed by atoms with van der Waals surface area (Å²) in [6.07, 6.45) is 11.0. The summed E-state index contributed by atoms with van der Waals surface area (Å²) in [5.41, 5.74) is 2.17. The third-order valence-corrected chi connectivity index (χ3v) is 4.70. The summed E-state index contributed by atoms with van der Waals surface area (Å²) in [5.74, 6) is 0.907. The highest BCUT2D eigenvalue weighted by Crippen LogP contribution is 2.19. The average Bonchev–Trinajstić information content (AvgIpc) is 2.82. The third-order valence-electron chi connectivity index (χ3n) is 4.70. The second-order valence-corrected chi connectivity index (χ2v) is 7.22. The number of carbonyl (C=O) groups is 1. The number of unbranched alkanes of at least 4 members (excludes halogenated alkanes) is 4. The van der Waals surface area contributed by atoms with Crippen molar-refractivity contribution in [3.63, 3.8) is 0 Å². The fraction of sp³-hybridized carbons (Fsp3) is 0.269. The van der Waals surface area contributed by atoms with E-state index in [1.165, 1.54) is 31.9 Å². The van der Waals surface area contributed by atoms with E-state index in [1.807, 2.05) is 24.3 Å². The SMILES string of the molecule is CCCCCCCOc1ccc(C=Nc2ccc(OC(=O)c3cccnc3)cc2)cc1. The normalized spacial score (nSPS) is 10.9. The Bertz CT molecular complexity index is 952. The van der Waals surface area contributed by atoms with Crippen LogP contribution in [0, 0.1) is 0 Å². The zero-order valence-corrected chi connectivity index (χ0v) is 17.9. The molecule has 5 heteroatoms. The van der Waals surface area contributed by atoms with Gasteiger partial charge >= 0.3 is 5.97 Å². The highest BCUT2D eigenvalue weighted by molar-refractivity contribution is 5.90. The van der Waals surface area contributed by atoms with Crippen LogP contribution in [0.15, 0.2) is 78.0 Å². The van der Waals surface area contributed by atoms with E-state index in [4.69, 9.17) is 9.47 Å². The summed E-state index contributed by atoms with van der Waals surface area (Å²) in [5, 5.41) is 0. The third kappa shape index (κ3) is 7.70. The van der Waals surface area contributed by atoms with Gasteiger partial charge in [-0.05, 0) is 72.6 Å². The molecule has 3 rings (SSSR count). The van der Waals surface area contributed by atoms with E-state index in [0.29, 0.717) is 11.3 Å². The van der Waals surface area contributed by atoms with Crippen LogP contribution < -0.4 is 9.47 Å². The molecule has 31 heavy (non-hydrogen) atoms. The van der Waals surface area contributed by atoms with Gasteiger partial charge in [0.1, 0.15) is 11.5 Å². The Labute approximate surface area is 183 Å². The molecule has 1 heterocycles. The summed E-state index contributed by atoms with van der Waals surface area (Å²) < 4.78 is 11.1. The van der Waals surface area contributed by atoms with Gasteiger partial charge < -0.3 is 9.47 Å².